The molecular weight excluding hydrogens is 144 g/mol. The number of rotatable bonds is 3. The number of hydrogen-bond donors (Lipinski definition) is 0. The van der Waals surface area contributed by atoms with Crippen molar-refractivity contribution in [2.24, 2.45) is 0 Å². The van der Waals surface area contributed by atoms with Gasteiger partial charge >= 0.3 is 6.11 Å². The Morgan fingerprint density at radius 3 is 2.12 bits per heavy atom. The maximum absolute atomic E-state index is 11.5. The molecule has 1 nitrogen and oxygen atoms in total. The lowest BCUT2D eigenvalue weighted by Crippen LogP contribution is -2.22. The summed E-state index contributed by atoms with van der Waals surface area (Å²) in [5.74, 6) is 0. The van der Waals surface area contributed by atoms with E-state index in [1.54, 1.807) is 0 Å². The van der Waals surface area contributed by atoms with E-state index in [0.717, 1.165) is 0 Å². The van der Waals surface area contributed by atoms with E-state index in [9.17, 15) is 13.2 Å². The lowest BCUT2D eigenvalue weighted by molar-refractivity contribution is -0.235. The third-order valence-electron chi connectivity index (χ3n) is 0.421. The van der Waals surface area contributed by atoms with Gasteiger partial charge in [-0.05, 0) is 0 Å². The van der Waals surface area contributed by atoms with Crippen LogP contribution < -0.4 is 0 Å². The highest BCUT2D eigenvalue weighted by atomic mass is 35.5. The Kier molecular flexibility index (Phi) is 3.16. The van der Waals surface area contributed by atoms with Gasteiger partial charge in [-0.25, -0.2) is 4.39 Å². The van der Waals surface area contributed by atoms with Gasteiger partial charge in [0.2, 0.25) is 0 Å². The Morgan fingerprint density at radius 1 is 1.50 bits per heavy atom. The van der Waals surface area contributed by atoms with Gasteiger partial charge in [0, 0.05) is 0 Å². The molecule has 0 N–H and O–H groups in total. The summed E-state index contributed by atoms with van der Waals surface area (Å²) in [7, 11) is 0. The smallest absolute Gasteiger partial charge is 0.302 e. The van der Waals surface area contributed by atoms with E-state index >= 15 is 0 Å². The normalized spacial score (nSPS) is 12.0. The topological polar surface area (TPSA) is 9.23 Å². The summed E-state index contributed by atoms with van der Waals surface area (Å²) < 4.78 is 37.4. The number of hydrogen-bond acceptors (Lipinski definition) is 1. The first kappa shape index (κ1) is 8.04. The van der Waals surface area contributed by atoms with E-state index in [0.29, 0.717) is 0 Å². The Labute approximate surface area is 49.4 Å². The standard InChI is InChI=1S/C3H4ClF3O/c4-2-8-3(6,7)1-5/h1-2H2. The maximum Gasteiger partial charge on any atom is 0.385 e. The summed E-state index contributed by atoms with van der Waals surface area (Å²) in [6.07, 6.45) is -3.71. The van der Waals surface area contributed by atoms with Crippen LogP contribution in [-0.4, -0.2) is 18.8 Å². The van der Waals surface area contributed by atoms with Gasteiger partial charge in [-0.3, -0.25) is 0 Å². The van der Waals surface area contributed by atoms with Crippen molar-refractivity contribution in [1.29, 1.82) is 0 Å². The summed E-state index contributed by atoms with van der Waals surface area (Å²) in [5, 5.41) is 0. The van der Waals surface area contributed by atoms with E-state index in [-0.39, 0.29) is 0 Å². The number of halogens is 4. The predicted molar refractivity (Wildman–Crippen MR) is 22.7 cm³/mol. The molecule has 0 aromatic heterocycles. The molecule has 0 aliphatic carbocycles. The quantitative estimate of drug-likeness (QED) is 0.554. The molecule has 0 fully saturated rings. The van der Waals surface area contributed by atoms with Crippen molar-refractivity contribution < 1.29 is 17.9 Å². The number of ether oxygens (including phenoxy) is 1. The molecule has 0 atom stereocenters. The third kappa shape index (κ3) is 3.10. The van der Waals surface area contributed by atoms with Gasteiger partial charge in [-0.15, -0.1) is 0 Å². The lowest BCUT2D eigenvalue weighted by Gasteiger charge is -2.08. The molecule has 0 radical (unpaired) electrons. The van der Waals surface area contributed by atoms with E-state index in [2.05, 4.69) is 4.74 Å². The largest absolute Gasteiger partial charge is 0.385 e. The zero-order valence-electron chi connectivity index (χ0n) is 3.83. The average molecular weight is 149 g/mol. The van der Waals surface area contributed by atoms with E-state index in [4.69, 9.17) is 11.6 Å². The van der Waals surface area contributed by atoms with Gasteiger partial charge in [0.15, 0.2) is 6.67 Å². The van der Waals surface area contributed by atoms with E-state index in [1.165, 1.54) is 0 Å². The Bertz CT molecular complexity index is 67.5. The van der Waals surface area contributed by atoms with Crippen LogP contribution in [0.1, 0.15) is 0 Å². The highest BCUT2D eigenvalue weighted by molar-refractivity contribution is 6.17. The van der Waals surface area contributed by atoms with E-state index < -0.39 is 18.8 Å². The zero-order valence-corrected chi connectivity index (χ0v) is 4.59. The van der Waals surface area contributed by atoms with Gasteiger partial charge in [-0.1, -0.05) is 11.6 Å². The van der Waals surface area contributed by atoms with Crippen LogP contribution in [0.5, 0.6) is 0 Å². The molecule has 0 aliphatic rings. The van der Waals surface area contributed by atoms with Crippen molar-refractivity contribution in [2.45, 2.75) is 6.11 Å². The van der Waals surface area contributed by atoms with Gasteiger partial charge in [0.05, 0.1) is 0 Å². The summed E-state index contributed by atoms with van der Waals surface area (Å²) in [6, 6.07) is -0.697. The molecule has 0 amide bonds. The Morgan fingerprint density at radius 2 is 2.00 bits per heavy atom. The van der Waals surface area contributed by atoms with Crippen LogP contribution in [0.2, 0.25) is 0 Å². The van der Waals surface area contributed by atoms with Crippen LogP contribution in [0.4, 0.5) is 13.2 Å². The second-order valence-corrected chi connectivity index (χ2v) is 1.24. The first-order valence-electron chi connectivity index (χ1n) is 1.76. The summed E-state index contributed by atoms with van der Waals surface area (Å²) in [5.41, 5.74) is 0. The molecule has 5 heteroatoms. The molecule has 0 aliphatic heterocycles. The Hall–Kier alpha value is 0.0400. The number of alkyl halides is 4. The summed E-state index contributed by atoms with van der Waals surface area (Å²) >= 11 is 4.70. The molecule has 0 unspecified atom stereocenters. The maximum atomic E-state index is 11.5. The highest BCUT2D eigenvalue weighted by Crippen LogP contribution is 2.15. The molecule has 8 heavy (non-hydrogen) atoms. The molecule has 0 aromatic carbocycles. The van der Waals surface area contributed by atoms with Crippen LogP contribution >= 0.6 is 11.6 Å². The van der Waals surface area contributed by atoms with Crippen molar-refractivity contribution in [1.82, 2.24) is 0 Å². The summed E-state index contributed by atoms with van der Waals surface area (Å²) in [4.78, 5) is 0. The van der Waals surface area contributed by atoms with Gasteiger partial charge in [0.1, 0.15) is 6.07 Å². The van der Waals surface area contributed by atoms with Crippen molar-refractivity contribution in [3.8, 4) is 0 Å². The molecule has 0 saturated heterocycles. The minimum absolute atomic E-state index is 0.697. The van der Waals surface area contributed by atoms with Crippen LogP contribution in [-0.2, 0) is 4.74 Å². The van der Waals surface area contributed by atoms with Crippen LogP contribution in [0.25, 0.3) is 0 Å². The fourth-order valence-electron chi connectivity index (χ4n) is 0.118. The molecule has 0 rings (SSSR count). The van der Waals surface area contributed by atoms with Crippen LogP contribution in [0.3, 0.4) is 0 Å². The van der Waals surface area contributed by atoms with Crippen molar-refractivity contribution in [3.05, 3.63) is 0 Å². The minimum Gasteiger partial charge on any atom is -0.302 e. The molecule has 0 saturated carbocycles. The lowest BCUT2D eigenvalue weighted by atomic mass is 10.7. The molecule has 0 spiro atoms. The molecule has 0 aromatic rings. The SMILES string of the molecule is FCC(F)(F)OCCl. The Balaban J connectivity index is 3.37. The fourth-order valence-corrected chi connectivity index (χ4v) is 0.278. The fraction of sp³-hybridized carbons (Fsp3) is 1.00. The highest BCUT2D eigenvalue weighted by Gasteiger charge is 2.29. The predicted octanol–water partition coefficient (Wildman–Crippen LogP) is 1.76. The van der Waals surface area contributed by atoms with Gasteiger partial charge in [0.25, 0.3) is 0 Å². The molecule has 0 bridgehead atoms. The van der Waals surface area contributed by atoms with Crippen LogP contribution in [0.15, 0.2) is 0 Å². The average Bonchev–Trinajstić information content (AvgIpc) is 1.67. The first-order chi connectivity index (χ1) is 3.62. The van der Waals surface area contributed by atoms with Crippen molar-refractivity contribution in [2.75, 3.05) is 12.7 Å². The van der Waals surface area contributed by atoms with Crippen LogP contribution in [0, 0.1) is 0 Å². The van der Waals surface area contributed by atoms with Crippen molar-refractivity contribution >= 4 is 11.6 Å². The molecule has 0 heterocycles. The first-order valence-corrected chi connectivity index (χ1v) is 2.29. The second-order valence-electron chi connectivity index (χ2n) is 1.02. The van der Waals surface area contributed by atoms with Gasteiger partial charge < -0.3 is 4.74 Å². The second kappa shape index (κ2) is 3.14. The third-order valence-corrected chi connectivity index (χ3v) is 0.530. The minimum atomic E-state index is -3.71. The van der Waals surface area contributed by atoms with E-state index in [1.807, 2.05) is 0 Å². The summed E-state index contributed by atoms with van der Waals surface area (Å²) in [6.45, 7) is -1.83. The molecular formula is C3H4ClF3O. The van der Waals surface area contributed by atoms with Crippen molar-refractivity contribution in [3.63, 3.8) is 0 Å². The molecule has 50 valence electrons. The zero-order chi connectivity index (χ0) is 6.62. The monoisotopic (exact) mass is 148 g/mol. The van der Waals surface area contributed by atoms with Gasteiger partial charge in [-0.2, -0.15) is 8.78 Å².